The molecule has 1 aliphatic rings. The van der Waals surface area contributed by atoms with Crippen molar-refractivity contribution in [2.24, 2.45) is 0 Å². The van der Waals surface area contributed by atoms with Crippen molar-refractivity contribution in [2.45, 2.75) is 13.0 Å². The number of anilines is 1. The lowest BCUT2D eigenvalue weighted by Crippen LogP contribution is -2.44. The first kappa shape index (κ1) is 15.9. The largest absolute Gasteiger partial charge is 0.354 e. The minimum absolute atomic E-state index is 0.0922. The van der Waals surface area contributed by atoms with Gasteiger partial charge in [0.25, 0.3) is 5.91 Å². The number of carbonyl (C=O) groups excluding carboxylic acids is 1. The monoisotopic (exact) mass is 331 g/mol. The zero-order valence-corrected chi connectivity index (χ0v) is 14.2. The molecular weight excluding hydrogens is 310 g/mol. The van der Waals surface area contributed by atoms with Gasteiger partial charge >= 0.3 is 0 Å². The highest BCUT2D eigenvalue weighted by molar-refractivity contribution is 7.09. The molecule has 1 atom stereocenters. The van der Waals surface area contributed by atoms with Gasteiger partial charge in [0.2, 0.25) is 0 Å². The summed E-state index contributed by atoms with van der Waals surface area (Å²) in [6.45, 7) is 5.84. The van der Waals surface area contributed by atoms with Crippen molar-refractivity contribution in [3.8, 4) is 0 Å². The van der Waals surface area contributed by atoms with Gasteiger partial charge in [0.15, 0.2) is 0 Å². The Bertz CT molecular complexity index is 652. The van der Waals surface area contributed by atoms with Crippen molar-refractivity contribution < 1.29 is 4.79 Å². The molecule has 1 saturated heterocycles. The van der Waals surface area contributed by atoms with E-state index in [0.29, 0.717) is 5.56 Å². The van der Waals surface area contributed by atoms with Crippen LogP contribution in [0.2, 0.25) is 0 Å². The maximum absolute atomic E-state index is 12.4. The maximum Gasteiger partial charge on any atom is 0.252 e. The van der Waals surface area contributed by atoms with Gasteiger partial charge in [-0.1, -0.05) is 0 Å². The molecule has 23 heavy (non-hydrogen) atoms. The highest BCUT2D eigenvalue weighted by atomic mass is 32.1. The lowest BCUT2D eigenvalue weighted by atomic mass is 10.2. The Labute approximate surface area is 140 Å². The Morgan fingerprint density at radius 3 is 2.74 bits per heavy atom. The molecule has 2 aromatic rings. The Balaban J connectivity index is 1.68. The van der Waals surface area contributed by atoms with Crippen molar-refractivity contribution in [1.82, 2.24) is 20.2 Å². The van der Waals surface area contributed by atoms with E-state index in [-0.39, 0.29) is 11.9 Å². The van der Waals surface area contributed by atoms with E-state index in [4.69, 9.17) is 0 Å². The highest BCUT2D eigenvalue weighted by Gasteiger charge is 2.18. The van der Waals surface area contributed by atoms with Gasteiger partial charge in [0, 0.05) is 49.5 Å². The molecule has 3 heterocycles. The standard InChI is InChI=1S/C16H21N5OS/c1-12(16-18-5-10-23-16)19-15(22)13-3-4-17-14(11-13)21-8-6-20(2)7-9-21/h3-5,10-12H,6-9H2,1-2H3,(H,19,22). The summed E-state index contributed by atoms with van der Waals surface area (Å²) in [5.74, 6) is 0.776. The summed E-state index contributed by atoms with van der Waals surface area (Å²) >= 11 is 1.54. The number of pyridine rings is 1. The number of nitrogens with zero attached hydrogens (tertiary/aromatic N) is 4. The lowest BCUT2D eigenvalue weighted by Gasteiger charge is -2.33. The Morgan fingerprint density at radius 1 is 1.26 bits per heavy atom. The molecule has 0 aromatic carbocycles. The molecule has 0 aliphatic carbocycles. The van der Waals surface area contributed by atoms with Gasteiger partial charge in [-0.05, 0) is 26.1 Å². The molecule has 1 N–H and O–H groups in total. The Morgan fingerprint density at radius 2 is 2.04 bits per heavy atom. The third kappa shape index (κ3) is 3.86. The number of hydrogen-bond acceptors (Lipinski definition) is 6. The van der Waals surface area contributed by atoms with E-state index in [1.54, 1.807) is 29.8 Å². The van der Waals surface area contributed by atoms with Crippen LogP contribution in [0.25, 0.3) is 0 Å². The van der Waals surface area contributed by atoms with Gasteiger partial charge in [-0.3, -0.25) is 4.79 Å². The molecule has 122 valence electrons. The molecule has 3 rings (SSSR count). The number of thiazole rings is 1. The van der Waals surface area contributed by atoms with E-state index in [1.165, 1.54) is 0 Å². The molecular formula is C16H21N5OS. The van der Waals surface area contributed by atoms with Crippen molar-refractivity contribution in [2.75, 3.05) is 38.1 Å². The number of amides is 1. The molecule has 1 aliphatic heterocycles. The Hall–Kier alpha value is -1.99. The number of nitrogens with one attached hydrogen (secondary N) is 1. The van der Waals surface area contributed by atoms with Crippen LogP contribution in [0.3, 0.4) is 0 Å². The zero-order chi connectivity index (χ0) is 16.2. The van der Waals surface area contributed by atoms with Crippen LogP contribution >= 0.6 is 11.3 Å². The highest BCUT2D eigenvalue weighted by Crippen LogP contribution is 2.18. The van der Waals surface area contributed by atoms with Crippen LogP contribution in [0.5, 0.6) is 0 Å². The van der Waals surface area contributed by atoms with Crippen LogP contribution in [0.4, 0.5) is 5.82 Å². The molecule has 1 amide bonds. The number of likely N-dealkylation sites (N-methyl/N-ethyl adjacent to an activating group) is 1. The number of rotatable bonds is 4. The topological polar surface area (TPSA) is 61.4 Å². The van der Waals surface area contributed by atoms with E-state index in [1.807, 2.05) is 18.4 Å². The van der Waals surface area contributed by atoms with Crippen LogP contribution in [-0.2, 0) is 0 Å². The molecule has 0 radical (unpaired) electrons. The first-order valence-corrected chi connectivity index (χ1v) is 8.61. The minimum atomic E-state index is -0.0947. The van der Waals surface area contributed by atoms with Gasteiger partial charge in [-0.25, -0.2) is 9.97 Å². The van der Waals surface area contributed by atoms with E-state index < -0.39 is 0 Å². The zero-order valence-electron chi connectivity index (χ0n) is 13.4. The SMILES string of the molecule is CC(NC(=O)c1ccnc(N2CCN(C)CC2)c1)c1nccs1. The van der Waals surface area contributed by atoms with Crippen LogP contribution < -0.4 is 10.2 Å². The molecule has 2 aromatic heterocycles. The molecule has 7 heteroatoms. The molecule has 1 fully saturated rings. The second-order valence-corrected chi connectivity index (χ2v) is 6.68. The third-order valence-corrected chi connectivity index (χ3v) is 4.96. The second kappa shape index (κ2) is 7.06. The molecule has 0 spiro atoms. The summed E-state index contributed by atoms with van der Waals surface area (Å²) in [4.78, 5) is 25.6. The summed E-state index contributed by atoms with van der Waals surface area (Å²) in [5.41, 5.74) is 0.636. The van der Waals surface area contributed by atoms with E-state index in [9.17, 15) is 4.79 Å². The number of carbonyl (C=O) groups is 1. The van der Waals surface area contributed by atoms with Gasteiger partial charge in [0.1, 0.15) is 10.8 Å². The Kier molecular flexibility index (Phi) is 4.88. The van der Waals surface area contributed by atoms with Crippen molar-refractivity contribution >= 4 is 23.1 Å². The molecule has 0 bridgehead atoms. The fraction of sp³-hybridized carbons (Fsp3) is 0.438. The van der Waals surface area contributed by atoms with E-state index in [2.05, 4.69) is 32.1 Å². The minimum Gasteiger partial charge on any atom is -0.354 e. The average molecular weight is 331 g/mol. The van der Waals surface area contributed by atoms with Crippen LogP contribution in [0.1, 0.15) is 28.3 Å². The predicted molar refractivity (Wildman–Crippen MR) is 91.9 cm³/mol. The third-order valence-electron chi connectivity index (χ3n) is 4.00. The summed E-state index contributed by atoms with van der Waals surface area (Å²) in [6, 6.07) is 3.53. The summed E-state index contributed by atoms with van der Waals surface area (Å²) < 4.78 is 0. The fourth-order valence-electron chi connectivity index (χ4n) is 2.56. The van der Waals surface area contributed by atoms with Crippen molar-refractivity contribution in [1.29, 1.82) is 0 Å². The van der Waals surface area contributed by atoms with Gasteiger partial charge in [-0.15, -0.1) is 11.3 Å². The normalized spacial score (nSPS) is 17.0. The quantitative estimate of drug-likeness (QED) is 0.925. The van der Waals surface area contributed by atoms with Crippen LogP contribution in [-0.4, -0.2) is 54.0 Å². The molecule has 0 saturated carbocycles. The van der Waals surface area contributed by atoms with Crippen LogP contribution in [0, 0.1) is 0 Å². The molecule has 1 unspecified atom stereocenters. The number of aromatic nitrogens is 2. The summed E-state index contributed by atoms with van der Waals surface area (Å²) in [7, 11) is 2.12. The predicted octanol–water partition coefficient (Wildman–Crippen LogP) is 1.78. The summed E-state index contributed by atoms with van der Waals surface area (Å²) in [5, 5.41) is 5.81. The smallest absolute Gasteiger partial charge is 0.252 e. The maximum atomic E-state index is 12.4. The summed E-state index contributed by atoms with van der Waals surface area (Å²) in [6.07, 6.45) is 3.46. The van der Waals surface area contributed by atoms with Crippen molar-refractivity contribution in [3.63, 3.8) is 0 Å². The van der Waals surface area contributed by atoms with E-state index in [0.717, 1.165) is 37.0 Å². The van der Waals surface area contributed by atoms with Gasteiger partial charge in [-0.2, -0.15) is 0 Å². The molecule has 6 nitrogen and oxygen atoms in total. The second-order valence-electron chi connectivity index (χ2n) is 5.76. The average Bonchev–Trinajstić information content (AvgIpc) is 3.10. The number of hydrogen-bond donors (Lipinski definition) is 1. The fourth-order valence-corrected chi connectivity index (χ4v) is 3.20. The first-order valence-electron chi connectivity index (χ1n) is 7.73. The van der Waals surface area contributed by atoms with Gasteiger partial charge in [0.05, 0.1) is 6.04 Å². The van der Waals surface area contributed by atoms with E-state index >= 15 is 0 Å². The van der Waals surface area contributed by atoms with Crippen molar-refractivity contribution in [3.05, 3.63) is 40.5 Å². The lowest BCUT2D eigenvalue weighted by molar-refractivity contribution is 0.0939. The van der Waals surface area contributed by atoms with Crippen LogP contribution in [0.15, 0.2) is 29.9 Å². The number of piperazine rings is 1. The first-order chi connectivity index (χ1) is 11.1. The van der Waals surface area contributed by atoms with Gasteiger partial charge < -0.3 is 15.1 Å².